The van der Waals surface area contributed by atoms with Gasteiger partial charge in [0.2, 0.25) is 17.7 Å². The zero-order chi connectivity index (χ0) is 33.6. The molecule has 0 spiro atoms. The van der Waals surface area contributed by atoms with E-state index in [1.165, 1.54) is 0 Å². The molecule has 7 rings (SSSR count). The molecule has 3 N–H and O–H groups in total. The smallest absolute Gasteiger partial charge is 0.246 e. The lowest BCUT2D eigenvalue weighted by molar-refractivity contribution is -0.153. The Morgan fingerprint density at radius 3 is 2.20 bits per heavy atom. The Bertz CT molecular complexity index is 1750. The Kier molecular flexibility index (Phi) is 10.3. The average molecular weight is 658 g/mol. The van der Waals surface area contributed by atoms with Crippen molar-refractivity contribution in [3.8, 4) is 11.1 Å². The van der Waals surface area contributed by atoms with Crippen LogP contribution in [0, 0.1) is 11.8 Å². The number of rotatable bonds is 10. The molecule has 3 amide bonds. The van der Waals surface area contributed by atoms with E-state index >= 15 is 0 Å². The number of nitrogens with one attached hydrogen (secondary N) is 3. The largest absolute Gasteiger partial charge is 0.342 e. The summed E-state index contributed by atoms with van der Waals surface area (Å²) in [6, 6.07) is 31.3. The van der Waals surface area contributed by atoms with Crippen LogP contribution >= 0.6 is 0 Å². The van der Waals surface area contributed by atoms with E-state index < -0.39 is 12.1 Å². The van der Waals surface area contributed by atoms with Gasteiger partial charge in [-0.15, -0.1) is 0 Å². The molecule has 254 valence electrons. The van der Waals surface area contributed by atoms with Gasteiger partial charge in [-0.2, -0.15) is 0 Å². The second-order valence-electron chi connectivity index (χ2n) is 14.0. The van der Waals surface area contributed by atoms with Gasteiger partial charge in [0.1, 0.15) is 12.1 Å². The summed E-state index contributed by atoms with van der Waals surface area (Å²) < 4.78 is 0. The molecule has 8 heteroatoms. The van der Waals surface area contributed by atoms with E-state index in [-0.39, 0.29) is 30.2 Å². The number of carbonyl (C=O) groups is 3. The van der Waals surface area contributed by atoms with E-state index in [1.54, 1.807) is 4.90 Å². The van der Waals surface area contributed by atoms with Gasteiger partial charge in [-0.05, 0) is 84.3 Å². The van der Waals surface area contributed by atoms with Crippen molar-refractivity contribution in [1.29, 1.82) is 0 Å². The summed E-state index contributed by atoms with van der Waals surface area (Å²) in [7, 11) is 0. The van der Waals surface area contributed by atoms with Crippen LogP contribution in [-0.4, -0.2) is 78.9 Å². The molecule has 3 fully saturated rings. The lowest BCUT2D eigenvalue weighted by atomic mass is 9.93. The number of fused-ring (bicyclic) bond motifs is 1. The molecular weight excluding hydrogens is 610 g/mol. The van der Waals surface area contributed by atoms with E-state index in [2.05, 4.69) is 64.5 Å². The minimum absolute atomic E-state index is 0.0939. The van der Waals surface area contributed by atoms with Crippen molar-refractivity contribution in [1.82, 2.24) is 25.8 Å². The van der Waals surface area contributed by atoms with Gasteiger partial charge in [0.05, 0.1) is 12.5 Å². The van der Waals surface area contributed by atoms with Gasteiger partial charge < -0.3 is 25.8 Å². The quantitative estimate of drug-likeness (QED) is 0.229. The molecule has 0 aliphatic carbocycles. The molecule has 1 unspecified atom stereocenters. The Morgan fingerprint density at radius 2 is 1.45 bits per heavy atom. The third-order valence-electron chi connectivity index (χ3n) is 10.5. The third kappa shape index (κ3) is 7.87. The fourth-order valence-electron chi connectivity index (χ4n) is 7.72. The maximum atomic E-state index is 14.5. The van der Waals surface area contributed by atoms with Crippen molar-refractivity contribution in [2.45, 2.75) is 50.7 Å². The number of hydrogen-bond donors (Lipinski definition) is 3. The van der Waals surface area contributed by atoms with Crippen molar-refractivity contribution in [3.63, 3.8) is 0 Å². The maximum absolute atomic E-state index is 14.5. The normalized spacial score (nSPS) is 21.8. The third-order valence-corrected chi connectivity index (χ3v) is 10.5. The Hall–Kier alpha value is -4.53. The highest BCUT2D eigenvalue weighted by Crippen LogP contribution is 2.25. The lowest BCUT2D eigenvalue weighted by Gasteiger charge is -2.42. The SMILES string of the molecule is O=C1N[C@@H](Cc2ccc3ccccc3c2)C(=O)N(Cc2ccc(-c3ccccc3)cc2)[C@H]1CN(CC1CCNCC1)C(=O)C1CCCNC1. The number of hydrogen-bond acceptors (Lipinski definition) is 5. The number of piperidine rings is 2. The lowest BCUT2D eigenvalue weighted by Crippen LogP contribution is -2.66. The molecule has 3 saturated heterocycles. The highest BCUT2D eigenvalue weighted by Gasteiger charge is 2.43. The maximum Gasteiger partial charge on any atom is 0.246 e. The molecule has 4 aromatic carbocycles. The van der Waals surface area contributed by atoms with Crippen molar-refractivity contribution in [2.24, 2.45) is 11.8 Å². The molecule has 0 saturated carbocycles. The van der Waals surface area contributed by atoms with Gasteiger partial charge in [-0.1, -0.05) is 97.1 Å². The Morgan fingerprint density at radius 1 is 0.735 bits per heavy atom. The standard InChI is InChI=1S/C41H47N5O3/c47-39-38(28-45(26-30-18-21-42-22-19-30)40(48)36-11-6-20-43-25-36)46(27-29-12-15-34(16-13-29)32-7-2-1-3-8-32)41(49)37(44-39)24-31-14-17-33-9-4-5-10-35(33)23-31/h1-5,7-10,12-17,23,30,36-38,42-43H,6,11,18-22,24-28H2,(H,44,47)/t36?,37-,38-/m0/s1. The Labute approximate surface area is 289 Å². The second-order valence-corrected chi connectivity index (χ2v) is 14.0. The summed E-state index contributed by atoms with van der Waals surface area (Å²) >= 11 is 0. The van der Waals surface area contributed by atoms with Crippen molar-refractivity contribution >= 4 is 28.5 Å². The summed E-state index contributed by atoms with van der Waals surface area (Å²) in [5, 5.41) is 12.2. The number of amides is 3. The van der Waals surface area contributed by atoms with Crippen LogP contribution in [0.2, 0.25) is 0 Å². The predicted molar refractivity (Wildman–Crippen MR) is 194 cm³/mol. The molecular formula is C41H47N5O3. The molecule has 8 nitrogen and oxygen atoms in total. The molecule has 0 aromatic heterocycles. The minimum Gasteiger partial charge on any atom is -0.342 e. The molecule has 49 heavy (non-hydrogen) atoms. The fraction of sp³-hybridized carbons (Fsp3) is 0.390. The summed E-state index contributed by atoms with van der Waals surface area (Å²) in [6.45, 7) is 4.54. The van der Waals surface area contributed by atoms with E-state index in [0.717, 1.165) is 78.3 Å². The first-order valence-electron chi connectivity index (χ1n) is 17.9. The van der Waals surface area contributed by atoms with Gasteiger partial charge in [-0.25, -0.2) is 0 Å². The molecule has 3 aliphatic heterocycles. The van der Waals surface area contributed by atoms with Crippen LogP contribution in [-0.2, 0) is 27.3 Å². The molecule has 3 aliphatic rings. The first-order chi connectivity index (χ1) is 24.0. The summed E-state index contributed by atoms with van der Waals surface area (Å²) in [4.78, 5) is 46.4. The molecule has 3 atom stereocenters. The predicted octanol–water partition coefficient (Wildman–Crippen LogP) is 4.77. The monoisotopic (exact) mass is 657 g/mol. The first kappa shape index (κ1) is 33.0. The van der Waals surface area contributed by atoms with E-state index in [9.17, 15) is 14.4 Å². The molecule has 4 aromatic rings. The van der Waals surface area contributed by atoms with Crippen molar-refractivity contribution < 1.29 is 14.4 Å². The topological polar surface area (TPSA) is 93.8 Å². The average Bonchev–Trinajstić information content (AvgIpc) is 3.15. The van der Waals surface area contributed by atoms with Crippen LogP contribution in [0.4, 0.5) is 0 Å². The zero-order valence-electron chi connectivity index (χ0n) is 28.2. The van der Waals surface area contributed by atoms with Gasteiger partial charge in [0, 0.05) is 26.1 Å². The van der Waals surface area contributed by atoms with Crippen LogP contribution in [0.3, 0.4) is 0 Å². The minimum atomic E-state index is -0.781. The van der Waals surface area contributed by atoms with Gasteiger partial charge in [0.15, 0.2) is 0 Å². The summed E-state index contributed by atoms with van der Waals surface area (Å²) in [5.41, 5.74) is 4.16. The van der Waals surface area contributed by atoms with Crippen LogP contribution in [0.25, 0.3) is 21.9 Å². The highest BCUT2D eigenvalue weighted by atomic mass is 16.2. The van der Waals surface area contributed by atoms with Crippen LogP contribution in [0.5, 0.6) is 0 Å². The van der Waals surface area contributed by atoms with Crippen molar-refractivity contribution in [3.05, 3.63) is 108 Å². The van der Waals surface area contributed by atoms with E-state index in [1.807, 2.05) is 53.4 Å². The summed E-state index contributed by atoms with van der Waals surface area (Å²) in [5.74, 6) is 0.0345. The molecule has 0 bridgehead atoms. The van der Waals surface area contributed by atoms with Crippen molar-refractivity contribution in [2.75, 3.05) is 39.3 Å². The number of nitrogens with zero attached hydrogens (tertiary/aromatic N) is 2. The fourth-order valence-corrected chi connectivity index (χ4v) is 7.72. The first-order valence-corrected chi connectivity index (χ1v) is 17.9. The van der Waals surface area contributed by atoms with E-state index in [4.69, 9.17) is 0 Å². The highest BCUT2D eigenvalue weighted by molar-refractivity contribution is 5.98. The van der Waals surface area contributed by atoms with Gasteiger partial charge in [0.25, 0.3) is 0 Å². The van der Waals surface area contributed by atoms with Crippen LogP contribution < -0.4 is 16.0 Å². The van der Waals surface area contributed by atoms with Gasteiger partial charge >= 0.3 is 0 Å². The summed E-state index contributed by atoms with van der Waals surface area (Å²) in [6.07, 6.45) is 4.19. The number of benzene rings is 4. The van der Waals surface area contributed by atoms with Crippen LogP contribution in [0.15, 0.2) is 97.1 Å². The Balaban J connectivity index is 1.16. The number of piperazine rings is 1. The molecule has 3 heterocycles. The number of carbonyl (C=O) groups excluding carboxylic acids is 3. The zero-order valence-corrected chi connectivity index (χ0v) is 28.2. The van der Waals surface area contributed by atoms with Gasteiger partial charge in [-0.3, -0.25) is 14.4 Å². The second kappa shape index (κ2) is 15.3. The molecule has 0 radical (unpaired) electrons. The van der Waals surface area contributed by atoms with E-state index in [0.29, 0.717) is 32.0 Å². The van der Waals surface area contributed by atoms with Crippen LogP contribution in [0.1, 0.15) is 36.8 Å².